The molecule has 3 saturated heterocycles. The predicted molar refractivity (Wildman–Crippen MR) is 190 cm³/mol. The lowest BCUT2D eigenvalue weighted by Crippen LogP contribution is -2.77. The Hall–Kier alpha value is -2.22. The first kappa shape index (κ1) is 33.0. The summed E-state index contributed by atoms with van der Waals surface area (Å²) in [5, 5.41) is 14.8. The number of rotatable bonds is 5. The van der Waals surface area contributed by atoms with Crippen LogP contribution in [0.3, 0.4) is 0 Å². The molecule has 4 unspecified atom stereocenters. The highest BCUT2D eigenvalue weighted by atomic mass is 16.8. The first-order valence-electron chi connectivity index (χ1n) is 18.5. The Bertz CT molecular complexity index is 1750. The van der Waals surface area contributed by atoms with Crippen molar-refractivity contribution in [3.05, 3.63) is 69.5 Å². The average molecular weight is 656 g/mol. The molecule has 3 aliphatic carbocycles. The molecule has 260 valence electrons. The molecule has 1 aromatic heterocycles. The number of nitrogens with one attached hydrogen (secondary N) is 1. The molecule has 6 heteroatoms. The molecule has 1 aromatic carbocycles. The second-order valence-corrected chi connectivity index (χ2v) is 17.8. The van der Waals surface area contributed by atoms with Gasteiger partial charge in [0.2, 0.25) is 0 Å². The molecule has 6 nitrogen and oxygen atoms in total. The Morgan fingerprint density at radius 2 is 1.60 bits per heavy atom. The van der Waals surface area contributed by atoms with Crippen LogP contribution < -0.4 is 0 Å². The van der Waals surface area contributed by atoms with Crippen LogP contribution in [0.1, 0.15) is 117 Å². The number of H-pyrrole nitrogens is 1. The Morgan fingerprint density at radius 3 is 2.31 bits per heavy atom. The van der Waals surface area contributed by atoms with Gasteiger partial charge in [-0.2, -0.15) is 0 Å². The molecule has 2 aromatic rings. The van der Waals surface area contributed by atoms with Crippen LogP contribution in [0.25, 0.3) is 10.9 Å². The van der Waals surface area contributed by atoms with E-state index in [4.69, 9.17) is 18.9 Å². The summed E-state index contributed by atoms with van der Waals surface area (Å²) in [4.78, 5) is 4.02. The van der Waals surface area contributed by atoms with Gasteiger partial charge in [-0.1, -0.05) is 48.8 Å². The molecule has 2 saturated carbocycles. The van der Waals surface area contributed by atoms with E-state index in [1.165, 1.54) is 44.4 Å². The number of ether oxygens (including phenoxy) is 4. The lowest BCUT2D eigenvalue weighted by atomic mass is 9.40. The van der Waals surface area contributed by atoms with Gasteiger partial charge in [-0.05, 0) is 135 Å². The Kier molecular flexibility index (Phi) is 7.31. The van der Waals surface area contributed by atoms with Crippen molar-refractivity contribution >= 4 is 10.9 Å². The molecule has 3 aliphatic heterocycles. The fourth-order valence-electron chi connectivity index (χ4n) is 11.3. The third-order valence-electron chi connectivity index (χ3n) is 13.9. The number of aliphatic hydroxyl groups is 1. The summed E-state index contributed by atoms with van der Waals surface area (Å²) in [6.45, 7) is 22.0. The van der Waals surface area contributed by atoms with Crippen LogP contribution >= 0.6 is 0 Å². The highest BCUT2D eigenvalue weighted by molar-refractivity contribution is 5.90. The largest absolute Gasteiger partial charge is 0.386 e. The number of fused-ring (bicyclic) bond motifs is 9. The molecule has 0 radical (unpaired) electrons. The molecule has 10 atom stereocenters. The average Bonchev–Trinajstić information content (AvgIpc) is 3.57. The number of benzene rings is 1. The maximum Gasteiger partial charge on any atom is 0.178 e. The van der Waals surface area contributed by atoms with Crippen LogP contribution in [0.5, 0.6) is 0 Å². The molecule has 6 aliphatic rings. The fraction of sp³-hybridized carbons (Fsp3) is 0.667. The Labute approximate surface area is 287 Å². The van der Waals surface area contributed by atoms with E-state index in [0.717, 1.165) is 44.1 Å². The van der Waals surface area contributed by atoms with Crippen molar-refractivity contribution in [3.63, 3.8) is 0 Å². The Balaban J connectivity index is 1.22. The van der Waals surface area contributed by atoms with Crippen molar-refractivity contribution < 1.29 is 24.1 Å². The molecule has 5 fully saturated rings. The molecule has 1 spiro atoms. The molecular weight excluding hydrogens is 598 g/mol. The molecule has 0 bridgehead atoms. The van der Waals surface area contributed by atoms with Gasteiger partial charge >= 0.3 is 0 Å². The third kappa shape index (κ3) is 4.22. The first-order valence-corrected chi connectivity index (χ1v) is 18.5. The minimum atomic E-state index is -1.06. The van der Waals surface area contributed by atoms with Gasteiger partial charge in [0.15, 0.2) is 11.9 Å². The summed E-state index contributed by atoms with van der Waals surface area (Å²) in [7, 11) is 0. The number of hydrogen-bond acceptors (Lipinski definition) is 5. The zero-order chi connectivity index (χ0) is 34.2. The highest BCUT2D eigenvalue weighted by Gasteiger charge is 2.87. The van der Waals surface area contributed by atoms with E-state index in [2.05, 4.69) is 98.5 Å². The van der Waals surface area contributed by atoms with Crippen LogP contribution in [-0.4, -0.2) is 57.6 Å². The summed E-state index contributed by atoms with van der Waals surface area (Å²) in [6.07, 6.45) is 11.7. The fourth-order valence-corrected chi connectivity index (χ4v) is 11.3. The molecule has 8 rings (SSSR count). The monoisotopic (exact) mass is 655 g/mol. The van der Waals surface area contributed by atoms with Crippen LogP contribution in [0.15, 0.2) is 47.1 Å². The smallest absolute Gasteiger partial charge is 0.178 e. The number of allylic oxidation sites excluding steroid dienone is 5. The predicted octanol–water partition coefficient (Wildman–Crippen LogP) is 8.33. The van der Waals surface area contributed by atoms with E-state index in [1.807, 2.05) is 6.08 Å². The van der Waals surface area contributed by atoms with Crippen LogP contribution in [0.2, 0.25) is 0 Å². The van der Waals surface area contributed by atoms with Crippen molar-refractivity contribution in [2.75, 3.05) is 0 Å². The summed E-state index contributed by atoms with van der Waals surface area (Å²) >= 11 is 0. The van der Waals surface area contributed by atoms with Gasteiger partial charge in [0.25, 0.3) is 0 Å². The summed E-state index contributed by atoms with van der Waals surface area (Å²) in [5.41, 5.74) is 7.74. The quantitative estimate of drug-likeness (QED) is 0.250. The lowest BCUT2D eigenvalue weighted by molar-refractivity contribution is -0.343. The van der Waals surface area contributed by atoms with E-state index >= 15 is 0 Å². The highest BCUT2D eigenvalue weighted by Crippen LogP contribution is 2.75. The van der Waals surface area contributed by atoms with E-state index < -0.39 is 28.5 Å². The van der Waals surface area contributed by atoms with Gasteiger partial charge in [-0.15, -0.1) is 0 Å². The zero-order valence-electron chi connectivity index (χ0n) is 30.9. The lowest BCUT2D eigenvalue weighted by Gasteiger charge is -2.66. The van der Waals surface area contributed by atoms with Crippen molar-refractivity contribution in [2.45, 2.75) is 167 Å². The van der Waals surface area contributed by atoms with Gasteiger partial charge in [0.05, 0.1) is 11.7 Å². The van der Waals surface area contributed by atoms with Crippen LogP contribution in [0, 0.1) is 11.3 Å². The number of hydrogen-bond donors (Lipinski definition) is 2. The first-order chi connectivity index (χ1) is 22.6. The number of aromatic amines is 1. The summed E-state index contributed by atoms with van der Waals surface area (Å²) in [5.74, 6) is 0.453. The second kappa shape index (κ2) is 10.6. The maximum absolute atomic E-state index is 13.4. The second-order valence-electron chi connectivity index (χ2n) is 17.8. The van der Waals surface area contributed by atoms with E-state index in [-0.39, 0.29) is 29.8 Å². The molecule has 4 heterocycles. The molecular formula is C42H57NO5. The topological polar surface area (TPSA) is 76.2 Å². The summed E-state index contributed by atoms with van der Waals surface area (Å²) in [6, 6.07) is 4.64. The van der Waals surface area contributed by atoms with Gasteiger partial charge in [0.1, 0.15) is 23.9 Å². The van der Waals surface area contributed by atoms with Gasteiger partial charge in [-0.3, -0.25) is 0 Å². The van der Waals surface area contributed by atoms with Crippen LogP contribution in [0.4, 0.5) is 0 Å². The van der Waals surface area contributed by atoms with Gasteiger partial charge < -0.3 is 29.0 Å². The van der Waals surface area contributed by atoms with E-state index in [0.29, 0.717) is 12.3 Å². The van der Waals surface area contributed by atoms with Crippen molar-refractivity contribution in [2.24, 2.45) is 11.3 Å². The Morgan fingerprint density at radius 1 is 0.875 bits per heavy atom. The number of aromatic nitrogens is 1. The van der Waals surface area contributed by atoms with E-state index in [9.17, 15) is 5.11 Å². The third-order valence-corrected chi connectivity index (χ3v) is 13.9. The minimum Gasteiger partial charge on any atom is -0.386 e. The van der Waals surface area contributed by atoms with Crippen molar-refractivity contribution in [3.8, 4) is 0 Å². The standard InChI is InChI=1S/C42H57NO5/c1-23(2)11-13-26-14-16-30-33(28(26)15-12-24(3)4)29-22-27-17-20-41(44)39(9,40(27,10)35(29)43-30)19-18-31-42(41)37(48-42)34-36(45-31)38(7,8)47-32(46-34)21-25(5)6/h11-12,14,16,21,27,31-32,34,36-37,43-44H,13,15,17-20,22H2,1-10H3/t27-,31-,32?,34?,36-,37?,39+,40+,41-,42?/m0/s1. The van der Waals surface area contributed by atoms with Crippen molar-refractivity contribution in [1.29, 1.82) is 0 Å². The molecule has 0 amide bonds. The SMILES string of the molecule is CC(C)=CCc1ccc2[nH]c3c(c2c1CC=C(C)C)C[C@@H]1CC[C@@]2(O)C45OC4C4OC(C=C(C)C)OC(C)(C)[C@H]4O[C@H]5CC[C@]2(C)[C@@]31C. The minimum absolute atomic E-state index is 0.189. The zero-order valence-corrected chi connectivity index (χ0v) is 30.9. The maximum atomic E-state index is 13.4. The number of epoxide rings is 1. The normalized spacial score (nSPS) is 41.6. The van der Waals surface area contributed by atoms with Gasteiger partial charge in [0, 0.05) is 27.4 Å². The van der Waals surface area contributed by atoms with Crippen molar-refractivity contribution in [1.82, 2.24) is 4.98 Å². The van der Waals surface area contributed by atoms with Crippen LogP contribution in [-0.2, 0) is 43.6 Å². The van der Waals surface area contributed by atoms with Gasteiger partial charge in [-0.25, -0.2) is 0 Å². The molecule has 2 N–H and O–H groups in total. The molecule has 48 heavy (non-hydrogen) atoms. The van der Waals surface area contributed by atoms with E-state index in [1.54, 1.807) is 0 Å². The summed E-state index contributed by atoms with van der Waals surface area (Å²) < 4.78 is 26.9.